The Morgan fingerprint density at radius 3 is 2.41 bits per heavy atom. The zero-order chi connectivity index (χ0) is 30.6. The van der Waals surface area contributed by atoms with Gasteiger partial charge in [0, 0.05) is 25.1 Å². The van der Waals surface area contributed by atoms with E-state index in [1.165, 1.54) is 41.3 Å². The molecule has 1 saturated heterocycles. The van der Waals surface area contributed by atoms with Crippen molar-refractivity contribution in [3.8, 4) is 5.75 Å². The molecule has 1 fully saturated rings. The topological polar surface area (TPSA) is 188 Å². The summed E-state index contributed by atoms with van der Waals surface area (Å²) in [5.41, 5.74) is 5.88. The van der Waals surface area contributed by atoms with Gasteiger partial charge >= 0.3 is 7.82 Å². The third-order valence-corrected chi connectivity index (χ3v) is 7.13. The highest BCUT2D eigenvalue weighted by atomic mass is 31.2. The van der Waals surface area contributed by atoms with Gasteiger partial charge in [-0.3, -0.25) is 29.0 Å². The summed E-state index contributed by atoms with van der Waals surface area (Å²) in [5.74, 6) is -1.42. The molecule has 1 aliphatic heterocycles. The molecule has 6 N–H and O–H groups in total. The molecular weight excluding hydrogens is 551 g/mol. The number of hydrogen-bond acceptors (Lipinski definition) is 6. The number of rotatable bonds is 16. The fourth-order valence-electron chi connectivity index (χ4n) is 4.72. The molecule has 41 heavy (non-hydrogen) atoms. The minimum absolute atomic E-state index is 0.0173. The smallest absolute Gasteiger partial charge is 0.404 e. The lowest BCUT2D eigenvalue weighted by Crippen LogP contribution is -2.54. The quantitative estimate of drug-likeness (QED) is 0.143. The van der Waals surface area contributed by atoms with E-state index in [2.05, 4.69) is 15.2 Å². The first kappa shape index (κ1) is 34.0. The summed E-state index contributed by atoms with van der Waals surface area (Å²) in [6.45, 7) is 6.33. The number of benzene rings is 1. The number of carbonyl (C=O) groups is 4. The second-order valence-corrected chi connectivity index (χ2v) is 11.9. The van der Waals surface area contributed by atoms with Crippen LogP contribution in [-0.4, -0.2) is 63.0 Å². The van der Waals surface area contributed by atoms with Gasteiger partial charge in [-0.15, -0.1) is 0 Å². The number of nitrogens with two attached hydrogens (primary N) is 1. The molecule has 1 aliphatic rings. The van der Waals surface area contributed by atoms with E-state index < -0.39 is 31.7 Å². The zero-order valence-electron chi connectivity index (χ0n) is 24.0. The Morgan fingerprint density at radius 2 is 1.83 bits per heavy atom. The number of hydrogen-bond donors (Lipinski definition) is 5. The van der Waals surface area contributed by atoms with Crippen molar-refractivity contribution in [2.45, 2.75) is 90.3 Å². The molecule has 1 heterocycles. The lowest BCUT2D eigenvalue weighted by Gasteiger charge is -2.30. The van der Waals surface area contributed by atoms with Crippen LogP contribution in [0.1, 0.15) is 77.7 Å². The summed E-state index contributed by atoms with van der Waals surface area (Å²) < 4.78 is 15.5. The third kappa shape index (κ3) is 12.5. The number of phosphoric ester groups is 1. The van der Waals surface area contributed by atoms with Crippen LogP contribution in [0.5, 0.6) is 5.75 Å². The maximum atomic E-state index is 13.6. The number of nitrogens with zero attached hydrogens (tertiary/aromatic N) is 1. The van der Waals surface area contributed by atoms with E-state index in [-0.39, 0.29) is 35.9 Å². The van der Waals surface area contributed by atoms with Crippen molar-refractivity contribution >= 4 is 37.5 Å². The summed E-state index contributed by atoms with van der Waals surface area (Å²) in [7, 11) is -4.67. The summed E-state index contributed by atoms with van der Waals surface area (Å²) in [6.07, 6.45) is 7.49. The van der Waals surface area contributed by atoms with Crippen molar-refractivity contribution in [1.29, 1.82) is 0 Å². The second-order valence-electron chi connectivity index (χ2n) is 10.7. The molecule has 228 valence electrons. The van der Waals surface area contributed by atoms with Gasteiger partial charge < -0.3 is 25.8 Å². The number of phosphoric acid groups is 1. The first-order valence-corrected chi connectivity index (χ1v) is 15.5. The van der Waals surface area contributed by atoms with Crippen molar-refractivity contribution in [3.63, 3.8) is 0 Å². The number of primary amides is 1. The van der Waals surface area contributed by atoms with E-state index >= 15 is 0 Å². The first-order chi connectivity index (χ1) is 19.3. The lowest BCUT2D eigenvalue weighted by atomic mass is 10.0. The molecular formula is C28H43N4O8P. The molecule has 13 heteroatoms. The monoisotopic (exact) mass is 594 g/mol. The van der Waals surface area contributed by atoms with Gasteiger partial charge in [-0.2, -0.15) is 0 Å². The van der Waals surface area contributed by atoms with Crippen molar-refractivity contribution in [2.75, 3.05) is 6.54 Å². The number of nitrogens with one attached hydrogen (secondary N) is 2. The molecule has 0 unspecified atom stereocenters. The highest BCUT2D eigenvalue weighted by Gasteiger charge is 2.38. The average molecular weight is 595 g/mol. The van der Waals surface area contributed by atoms with Crippen molar-refractivity contribution < 1.29 is 38.1 Å². The zero-order valence-corrected chi connectivity index (χ0v) is 24.8. The van der Waals surface area contributed by atoms with Crippen LogP contribution in [0.25, 0.3) is 6.08 Å². The Balaban J connectivity index is 2.07. The minimum Gasteiger partial charge on any atom is -0.404 e. The van der Waals surface area contributed by atoms with E-state index in [0.717, 1.165) is 12.8 Å². The molecule has 4 amide bonds. The van der Waals surface area contributed by atoms with E-state index in [0.29, 0.717) is 44.2 Å². The Labute approximate surface area is 241 Å². The number of carbonyl (C=O) groups excluding carboxylic acids is 4. The molecule has 12 nitrogen and oxygen atoms in total. The van der Waals surface area contributed by atoms with Crippen LogP contribution >= 0.6 is 7.82 Å². The molecule has 1 aromatic rings. The Hall–Kier alpha value is -3.21. The fourth-order valence-corrected chi connectivity index (χ4v) is 5.11. The fraction of sp³-hybridized carbons (Fsp3) is 0.571. The summed E-state index contributed by atoms with van der Waals surface area (Å²) >= 11 is 0. The summed E-state index contributed by atoms with van der Waals surface area (Å²) in [5, 5.41) is 5.79. The number of likely N-dealkylation sites (tertiary alicyclic amines) is 1. The standard InChI is InChI=1S/C28H43N4O8P/c1-4-5-7-21(12-15-25(29)33)30-27(35)24-8-6-17-32(24)28(36)23(18-19(2)3)31-26(34)16-11-20-9-13-22(14-10-20)40-41(37,38)39/h9-11,13-14,16,19,21,23-24H,4-8,12,15,17-18H2,1-3H3,(H2,29,33)(H,30,35)(H,31,34)(H2,37,38,39)/b16-11+/t21-,23+,24+/m1/s1. The Kier molecular flexibility index (Phi) is 13.5. The van der Waals surface area contributed by atoms with Gasteiger partial charge in [0.25, 0.3) is 0 Å². The van der Waals surface area contributed by atoms with Gasteiger partial charge in [-0.05, 0) is 61.8 Å². The van der Waals surface area contributed by atoms with E-state index in [1.807, 2.05) is 20.8 Å². The Bertz CT molecular complexity index is 1120. The van der Waals surface area contributed by atoms with Crippen LogP contribution in [0, 0.1) is 5.92 Å². The van der Waals surface area contributed by atoms with Crippen LogP contribution in [-0.2, 0) is 23.7 Å². The van der Waals surface area contributed by atoms with Gasteiger partial charge in [-0.25, -0.2) is 4.57 Å². The SMILES string of the molecule is CCCC[C@H](CCC(N)=O)NC(=O)[C@@H]1CCCN1C(=O)[C@H](CC(C)C)NC(=O)/C=C/c1ccc(OP(=O)(O)O)cc1. The van der Waals surface area contributed by atoms with Gasteiger partial charge in [0.1, 0.15) is 17.8 Å². The highest BCUT2D eigenvalue weighted by Crippen LogP contribution is 2.37. The molecule has 0 spiro atoms. The third-order valence-electron chi connectivity index (χ3n) is 6.68. The molecule has 1 aromatic carbocycles. The van der Waals surface area contributed by atoms with E-state index in [9.17, 15) is 23.7 Å². The van der Waals surface area contributed by atoms with E-state index in [1.54, 1.807) is 0 Å². The van der Waals surface area contributed by atoms with Crippen molar-refractivity contribution in [1.82, 2.24) is 15.5 Å². The summed E-state index contributed by atoms with van der Waals surface area (Å²) in [4.78, 5) is 70.2. The molecule has 0 radical (unpaired) electrons. The van der Waals surface area contributed by atoms with Crippen LogP contribution in [0.4, 0.5) is 0 Å². The normalized spacial score (nSPS) is 16.9. The maximum Gasteiger partial charge on any atom is 0.524 e. The molecule has 0 saturated carbocycles. The number of amides is 4. The average Bonchev–Trinajstić information content (AvgIpc) is 3.38. The molecule has 0 aliphatic carbocycles. The molecule has 0 bridgehead atoms. The van der Waals surface area contributed by atoms with Gasteiger partial charge in [0.2, 0.25) is 23.6 Å². The second kappa shape index (κ2) is 16.3. The maximum absolute atomic E-state index is 13.6. The van der Waals surface area contributed by atoms with Gasteiger partial charge in [0.05, 0.1) is 0 Å². The van der Waals surface area contributed by atoms with Gasteiger partial charge in [0.15, 0.2) is 0 Å². The molecule has 0 aromatic heterocycles. The first-order valence-electron chi connectivity index (χ1n) is 14.0. The van der Waals surface area contributed by atoms with Crippen LogP contribution < -0.4 is 20.9 Å². The largest absolute Gasteiger partial charge is 0.524 e. The van der Waals surface area contributed by atoms with Crippen molar-refractivity contribution in [2.24, 2.45) is 11.7 Å². The van der Waals surface area contributed by atoms with Crippen LogP contribution in [0.2, 0.25) is 0 Å². The predicted molar refractivity (Wildman–Crippen MR) is 154 cm³/mol. The number of unbranched alkanes of at least 4 members (excludes halogenated alkanes) is 1. The molecule has 3 atom stereocenters. The Morgan fingerprint density at radius 1 is 1.15 bits per heavy atom. The lowest BCUT2D eigenvalue weighted by molar-refractivity contribution is -0.141. The van der Waals surface area contributed by atoms with Crippen molar-refractivity contribution in [3.05, 3.63) is 35.9 Å². The minimum atomic E-state index is -4.67. The highest BCUT2D eigenvalue weighted by molar-refractivity contribution is 7.46. The molecule has 2 rings (SSSR count). The predicted octanol–water partition coefficient (Wildman–Crippen LogP) is 2.63. The van der Waals surface area contributed by atoms with Gasteiger partial charge in [-0.1, -0.05) is 45.7 Å². The van der Waals surface area contributed by atoms with Crippen LogP contribution in [0.15, 0.2) is 30.3 Å². The van der Waals surface area contributed by atoms with E-state index in [4.69, 9.17) is 15.5 Å². The summed E-state index contributed by atoms with van der Waals surface area (Å²) in [6, 6.07) is 4.08. The van der Waals surface area contributed by atoms with Crippen LogP contribution in [0.3, 0.4) is 0 Å².